The van der Waals surface area contributed by atoms with Gasteiger partial charge in [-0.2, -0.15) is 0 Å². The number of methoxy groups -OCH3 is 1. The molecule has 0 fully saturated rings. The van der Waals surface area contributed by atoms with Crippen LogP contribution in [0.25, 0.3) is 0 Å². The number of nitrogens with two attached hydrogens (primary N) is 1. The first kappa shape index (κ1) is 13.6. The molecule has 0 unspecified atom stereocenters. The Balaban J connectivity index is 2.47. The van der Waals surface area contributed by atoms with E-state index in [9.17, 15) is 0 Å². The van der Waals surface area contributed by atoms with E-state index in [-0.39, 0.29) is 5.84 Å². The second-order valence-corrected chi connectivity index (χ2v) is 3.93. The molecule has 1 aromatic rings. The van der Waals surface area contributed by atoms with Gasteiger partial charge in [-0.3, -0.25) is 15.0 Å². The summed E-state index contributed by atoms with van der Waals surface area (Å²) in [6.45, 7) is 2.87. The van der Waals surface area contributed by atoms with E-state index in [2.05, 4.69) is 15.2 Å². The third kappa shape index (κ3) is 5.41. The van der Waals surface area contributed by atoms with Crippen LogP contribution in [-0.2, 0) is 18.3 Å². The van der Waals surface area contributed by atoms with Crippen molar-refractivity contribution >= 4 is 5.84 Å². The van der Waals surface area contributed by atoms with Crippen LogP contribution in [0.2, 0.25) is 0 Å². The SMILES string of the molecule is COCCN(CCC(=N)N)Cc1cn(C)nn1. The number of ether oxygens (including phenoxy) is 1. The summed E-state index contributed by atoms with van der Waals surface area (Å²) >= 11 is 0. The van der Waals surface area contributed by atoms with Crippen LogP contribution in [-0.4, -0.2) is 52.5 Å². The van der Waals surface area contributed by atoms with Crippen LogP contribution in [0.1, 0.15) is 12.1 Å². The van der Waals surface area contributed by atoms with E-state index in [1.54, 1.807) is 11.8 Å². The Labute approximate surface area is 101 Å². The lowest BCUT2D eigenvalue weighted by molar-refractivity contribution is 0.145. The summed E-state index contributed by atoms with van der Waals surface area (Å²) in [5.41, 5.74) is 6.27. The van der Waals surface area contributed by atoms with Gasteiger partial charge >= 0.3 is 0 Å². The van der Waals surface area contributed by atoms with Gasteiger partial charge in [0.05, 0.1) is 18.1 Å². The first-order valence-corrected chi connectivity index (χ1v) is 5.51. The fraction of sp³-hybridized carbons (Fsp3) is 0.700. The Bertz CT molecular complexity index is 350. The third-order valence-corrected chi connectivity index (χ3v) is 2.34. The molecule has 1 rings (SSSR count). The molecule has 0 saturated carbocycles. The Morgan fingerprint density at radius 1 is 1.59 bits per heavy atom. The minimum atomic E-state index is 0.201. The van der Waals surface area contributed by atoms with E-state index < -0.39 is 0 Å². The van der Waals surface area contributed by atoms with Gasteiger partial charge in [0.25, 0.3) is 0 Å². The average molecular weight is 240 g/mol. The molecule has 0 amide bonds. The van der Waals surface area contributed by atoms with Crippen molar-refractivity contribution in [1.29, 1.82) is 5.41 Å². The number of nitrogens with zero attached hydrogens (tertiary/aromatic N) is 4. The molecule has 0 aliphatic heterocycles. The van der Waals surface area contributed by atoms with Crippen molar-refractivity contribution < 1.29 is 4.74 Å². The van der Waals surface area contributed by atoms with Gasteiger partial charge in [0.1, 0.15) is 0 Å². The topological polar surface area (TPSA) is 93.1 Å². The second kappa shape index (κ2) is 6.97. The predicted octanol–water partition coefficient (Wildman–Crippen LogP) is -0.410. The largest absolute Gasteiger partial charge is 0.388 e. The molecule has 0 bridgehead atoms. The summed E-state index contributed by atoms with van der Waals surface area (Å²) in [6, 6.07) is 0. The van der Waals surface area contributed by atoms with Gasteiger partial charge in [0.2, 0.25) is 0 Å². The van der Waals surface area contributed by atoms with E-state index >= 15 is 0 Å². The van der Waals surface area contributed by atoms with Gasteiger partial charge in [-0.15, -0.1) is 5.10 Å². The van der Waals surface area contributed by atoms with Crippen molar-refractivity contribution in [2.75, 3.05) is 26.8 Å². The van der Waals surface area contributed by atoms with Gasteiger partial charge in [-0.1, -0.05) is 5.21 Å². The summed E-state index contributed by atoms with van der Waals surface area (Å²) in [5, 5.41) is 15.2. The summed E-state index contributed by atoms with van der Waals surface area (Å²) < 4.78 is 6.73. The zero-order chi connectivity index (χ0) is 12.7. The smallest absolute Gasteiger partial charge is 0.0967 e. The van der Waals surface area contributed by atoms with Crippen LogP contribution in [0.5, 0.6) is 0 Å². The molecular formula is C10H20N6O. The van der Waals surface area contributed by atoms with Crippen LogP contribution >= 0.6 is 0 Å². The van der Waals surface area contributed by atoms with Gasteiger partial charge in [0, 0.05) is 46.4 Å². The number of aryl methyl sites for hydroxylation is 1. The summed E-state index contributed by atoms with van der Waals surface area (Å²) in [4.78, 5) is 2.15. The Kier molecular flexibility index (Phi) is 5.58. The molecule has 0 aromatic carbocycles. The fourth-order valence-corrected chi connectivity index (χ4v) is 1.47. The highest BCUT2D eigenvalue weighted by atomic mass is 16.5. The first-order chi connectivity index (χ1) is 8.11. The van der Waals surface area contributed by atoms with Crippen molar-refractivity contribution in [2.24, 2.45) is 12.8 Å². The number of hydrogen-bond acceptors (Lipinski definition) is 5. The maximum atomic E-state index is 7.24. The van der Waals surface area contributed by atoms with E-state index in [4.69, 9.17) is 15.9 Å². The minimum Gasteiger partial charge on any atom is -0.388 e. The summed E-state index contributed by atoms with van der Waals surface area (Å²) in [6.07, 6.45) is 2.44. The Morgan fingerprint density at radius 2 is 2.35 bits per heavy atom. The zero-order valence-electron chi connectivity index (χ0n) is 10.4. The van der Waals surface area contributed by atoms with E-state index in [0.29, 0.717) is 19.6 Å². The molecule has 3 N–H and O–H groups in total. The zero-order valence-corrected chi connectivity index (χ0v) is 10.4. The molecule has 1 aromatic heterocycles. The molecule has 7 heteroatoms. The number of amidine groups is 1. The highest BCUT2D eigenvalue weighted by molar-refractivity contribution is 5.76. The monoisotopic (exact) mass is 240 g/mol. The molecule has 0 atom stereocenters. The van der Waals surface area contributed by atoms with Crippen molar-refractivity contribution in [3.05, 3.63) is 11.9 Å². The molecule has 0 aliphatic rings. The van der Waals surface area contributed by atoms with Crippen molar-refractivity contribution in [2.45, 2.75) is 13.0 Å². The number of nitrogens with one attached hydrogen (secondary N) is 1. The standard InChI is InChI=1S/C10H20N6O/c1-15-7-9(13-14-15)8-16(5-6-17-2)4-3-10(11)12/h7H,3-6,8H2,1-2H3,(H3,11,12). The van der Waals surface area contributed by atoms with Crippen LogP contribution < -0.4 is 5.73 Å². The normalized spacial score (nSPS) is 11.0. The summed E-state index contributed by atoms with van der Waals surface area (Å²) in [7, 11) is 3.51. The molecular weight excluding hydrogens is 220 g/mol. The highest BCUT2D eigenvalue weighted by Crippen LogP contribution is 2.01. The second-order valence-electron chi connectivity index (χ2n) is 3.93. The molecule has 17 heavy (non-hydrogen) atoms. The summed E-state index contributed by atoms with van der Waals surface area (Å²) in [5.74, 6) is 0.201. The number of rotatable bonds is 8. The molecule has 7 nitrogen and oxygen atoms in total. The lowest BCUT2D eigenvalue weighted by atomic mass is 10.3. The van der Waals surface area contributed by atoms with Crippen molar-refractivity contribution in [3.63, 3.8) is 0 Å². The molecule has 96 valence electrons. The quantitative estimate of drug-likeness (QED) is 0.476. The molecule has 1 heterocycles. The van der Waals surface area contributed by atoms with Gasteiger partial charge in [0.15, 0.2) is 0 Å². The van der Waals surface area contributed by atoms with Crippen LogP contribution in [0.4, 0.5) is 0 Å². The average Bonchev–Trinajstić information content (AvgIpc) is 2.68. The number of aromatic nitrogens is 3. The third-order valence-electron chi connectivity index (χ3n) is 2.34. The van der Waals surface area contributed by atoms with Crippen molar-refractivity contribution in [1.82, 2.24) is 19.9 Å². The Morgan fingerprint density at radius 3 is 2.88 bits per heavy atom. The van der Waals surface area contributed by atoms with Gasteiger partial charge in [-0.25, -0.2) is 0 Å². The molecule has 0 spiro atoms. The highest BCUT2D eigenvalue weighted by Gasteiger charge is 2.08. The van der Waals surface area contributed by atoms with Gasteiger partial charge < -0.3 is 10.5 Å². The molecule has 0 radical (unpaired) electrons. The van der Waals surface area contributed by atoms with Gasteiger partial charge in [-0.05, 0) is 0 Å². The molecule has 0 aliphatic carbocycles. The predicted molar refractivity (Wildman–Crippen MR) is 64.7 cm³/mol. The van der Waals surface area contributed by atoms with Crippen LogP contribution in [0, 0.1) is 5.41 Å². The maximum Gasteiger partial charge on any atom is 0.0967 e. The van der Waals surface area contributed by atoms with Crippen LogP contribution in [0.3, 0.4) is 0 Å². The first-order valence-electron chi connectivity index (χ1n) is 5.51. The fourth-order valence-electron chi connectivity index (χ4n) is 1.47. The minimum absolute atomic E-state index is 0.201. The maximum absolute atomic E-state index is 7.24. The lowest BCUT2D eigenvalue weighted by Crippen LogP contribution is -2.30. The van der Waals surface area contributed by atoms with E-state index in [0.717, 1.165) is 18.8 Å². The van der Waals surface area contributed by atoms with E-state index in [1.807, 2.05) is 13.2 Å². The van der Waals surface area contributed by atoms with Crippen molar-refractivity contribution in [3.8, 4) is 0 Å². The van der Waals surface area contributed by atoms with E-state index in [1.165, 1.54) is 0 Å². The lowest BCUT2D eigenvalue weighted by Gasteiger charge is -2.20. The Hall–Kier alpha value is -1.47. The molecule has 0 saturated heterocycles. The number of hydrogen-bond donors (Lipinski definition) is 2. The van der Waals surface area contributed by atoms with Crippen LogP contribution in [0.15, 0.2) is 6.20 Å².